The SMILES string of the molecule is CC(CCC(=O)NCCCC[C@H](N)C(=O)O)[C@H]1CC[C@H]2[C@@H]3[C@H](O)C[C@@H]4C[C@H](O)CC[C@]4(C)[C@H]3C[C@H](O)[C@]12C. The van der Waals surface area contributed by atoms with E-state index in [9.17, 15) is 24.9 Å². The molecule has 0 heterocycles. The van der Waals surface area contributed by atoms with Gasteiger partial charge in [0.05, 0.1) is 18.3 Å². The van der Waals surface area contributed by atoms with E-state index in [1.165, 1.54) is 0 Å². The van der Waals surface area contributed by atoms with Gasteiger partial charge in [0.2, 0.25) is 5.91 Å². The number of nitrogens with one attached hydrogen (secondary N) is 1. The maximum atomic E-state index is 12.5. The molecule has 4 aliphatic rings. The Kier molecular flexibility index (Phi) is 9.17. The highest BCUT2D eigenvalue weighted by Gasteiger charge is 2.65. The maximum absolute atomic E-state index is 12.5. The zero-order valence-electron chi connectivity index (χ0n) is 23.6. The molecule has 4 aliphatic carbocycles. The summed E-state index contributed by atoms with van der Waals surface area (Å²) in [5, 5.41) is 45.2. The summed E-state index contributed by atoms with van der Waals surface area (Å²) in [4.78, 5) is 23.3. The minimum Gasteiger partial charge on any atom is -0.480 e. The first-order valence-corrected chi connectivity index (χ1v) is 15.2. The Labute approximate surface area is 228 Å². The standard InChI is InChI=1S/C30H52N2O6/c1-17(7-10-26(36)32-13-5-4-6-23(31)28(37)38)20-8-9-21-27-22(16-25(35)30(20,21)3)29(2)12-11-19(33)14-18(29)15-24(27)34/h17-25,27,33-35H,4-16,31H2,1-3H3,(H,32,36)(H,37,38)/t17?,18-,19+,20+,21-,22-,23-,24+,25-,27-,29-,30+/m0/s1. The number of unbranched alkanes of at least 4 members (excludes halogenated alkanes) is 1. The van der Waals surface area contributed by atoms with E-state index in [-0.39, 0.29) is 40.8 Å². The summed E-state index contributed by atoms with van der Waals surface area (Å²) < 4.78 is 0. The van der Waals surface area contributed by atoms with E-state index >= 15 is 0 Å². The van der Waals surface area contributed by atoms with E-state index in [0.717, 1.165) is 51.4 Å². The molecule has 38 heavy (non-hydrogen) atoms. The third kappa shape index (κ3) is 5.52. The van der Waals surface area contributed by atoms with Crippen LogP contribution >= 0.6 is 0 Å². The van der Waals surface area contributed by atoms with E-state index in [1.807, 2.05) is 0 Å². The predicted octanol–water partition coefficient (Wildman–Crippen LogP) is 3.06. The predicted molar refractivity (Wildman–Crippen MR) is 145 cm³/mol. The van der Waals surface area contributed by atoms with E-state index in [0.29, 0.717) is 55.9 Å². The van der Waals surface area contributed by atoms with Crippen LogP contribution in [-0.4, -0.2) is 63.2 Å². The first kappa shape index (κ1) is 29.8. The number of carboxylic acids is 1. The van der Waals surface area contributed by atoms with Gasteiger partial charge >= 0.3 is 5.97 Å². The Morgan fingerprint density at radius 2 is 1.74 bits per heavy atom. The normalized spacial score (nSPS) is 43.9. The van der Waals surface area contributed by atoms with Crippen LogP contribution in [0.2, 0.25) is 0 Å². The van der Waals surface area contributed by atoms with Crippen LogP contribution in [0.15, 0.2) is 0 Å². The Hall–Kier alpha value is -1.22. The second kappa shape index (κ2) is 11.7. The fraction of sp³-hybridized carbons (Fsp3) is 0.933. The van der Waals surface area contributed by atoms with Crippen molar-refractivity contribution in [2.75, 3.05) is 6.54 Å². The van der Waals surface area contributed by atoms with Gasteiger partial charge in [0.15, 0.2) is 0 Å². The van der Waals surface area contributed by atoms with Crippen molar-refractivity contribution in [2.45, 2.75) is 122 Å². The number of hydrogen-bond acceptors (Lipinski definition) is 6. The second-order valence-electron chi connectivity index (χ2n) is 13.8. The number of carboxylic acid groups (broad SMARTS) is 1. The van der Waals surface area contributed by atoms with Crippen LogP contribution in [0.5, 0.6) is 0 Å². The summed E-state index contributed by atoms with van der Waals surface area (Å²) in [6.45, 7) is 7.35. The fourth-order valence-electron chi connectivity index (χ4n) is 9.62. The number of carbonyl (C=O) groups is 2. The van der Waals surface area contributed by atoms with Crippen molar-refractivity contribution >= 4 is 11.9 Å². The van der Waals surface area contributed by atoms with Gasteiger partial charge in [0.25, 0.3) is 0 Å². The van der Waals surface area contributed by atoms with Crippen molar-refractivity contribution in [1.29, 1.82) is 0 Å². The number of aliphatic hydroxyl groups is 3. The molecule has 0 aromatic carbocycles. The lowest BCUT2D eigenvalue weighted by Gasteiger charge is -2.63. The van der Waals surface area contributed by atoms with Crippen molar-refractivity contribution in [1.82, 2.24) is 5.32 Å². The van der Waals surface area contributed by atoms with Gasteiger partial charge in [-0.15, -0.1) is 0 Å². The number of nitrogens with two attached hydrogens (primary N) is 1. The summed E-state index contributed by atoms with van der Waals surface area (Å²) in [6.07, 6.45) is 8.06. The molecule has 0 radical (unpaired) electrons. The number of hydrogen-bond donors (Lipinski definition) is 6. The molecule has 8 nitrogen and oxygen atoms in total. The van der Waals surface area contributed by atoms with Crippen LogP contribution < -0.4 is 11.1 Å². The lowest BCUT2D eigenvalue weighted by Crippen LogP contribution is -2.62. The Bertz CT molecular complexity index is 855. The van der Waals surface area contributed by atoms with Gasteiger partial charge in [-0.05, 0) is 117 Å². The van der Waals surface area contributed by atoms with Gasteiger partial charge in [-0.25, -0.2) is 0 Å². The highest BCUT2D eigenvalue weighted by Crippen LogP contribution is 2.68. The average molecular weight is 537 g/mol. The molecule has 8 heteroatoms. The number of aliphatic hydroxyl groups excluding tert-OH is 3. The summed E-state index contributed by atoms with van der Waals surface area (Å²) in [5.41, 5.74) is 5.35. The minimum absolute atomic E-state index is 0.0181. The number of fused-ring (bicyclic) bond motifs is 5. The van der Waals surface area contributed by atoms with Crippen LogP contribution in [0.3, 0.4) is 0 Å². The highest BCUT2D eigenvalue weighted by atomic mass is 16.4. The van der Waals surface area contributed by atoms with Crippen molar-refractivity contribution in [3.8, 4) is 0 Å². The number of amides is 1. The van der Waals surface area contributed by atoms with E-state index in [1.54, 1.807) is 0 Å². The van der Waals surface area contributed by atoms with Crippen LogP contribution in [0.1, 0.15) is 97.8 Å². The number of rotatable bonds is 10. The maximum Gasteiger partial charge on any atom is 0.320 e. The van der Waals surface area contributed by atoms with Gasteiger partial charge in [-0.2, -0.15) is 0 Å². The van der Waals surface area contributed by atoms with Gasteiger partial charge in [0.1, 0.15) is 6.04 Å². The Morgan fingerprint density at radius 3 is 2.45 bits per heavy atom. The molecule has 0 aromatic heterocycles. The molecule has 0 aromatic rings. The van der Waals surface area contributed by atoms with Crippen molar-refractivity contribution in [2.24, 2.45) is 52.1 Å². The molecule has 1 unspecified atom stereocenters. The Morgan fingerprint density at radius 1 is 1.00 bits per heavy atom. The van der Waals surface area contributed by atoms with Crippen molar-refractivity contribution < 1.29 is 30.0 Å². The molecule has 7 N–H and O–H groups in total. The smallest absolute Gasteiger partial charge is 0.320 e. The van der Waals surface area contributed by atoms with Crippen LogP contribution in [0.25, 0.3) is 0 Å². The fourth-order valence-corrected chi connectivity index (χ4v) is 9.62. The van der Waals surface area contributed by atoms with E-state index in [2.05, 4.69) is 26.1 Å². The minimum atomic E-state index is -0.991. The van der Waals surface area contributed by atoms with Crippen LogP contribution in [-0.2, 0) is 9.59 Å². The molecule has 0 aliphatic heterocycles. The first-order chi connectivity index (χ1) is 17.9. The highest BCUT2D eigenvalue weighted by molar-refractivity contribution is 5.75. The third-order valence-corrected chi connectivity index (χ3v) is 11.9. The molecule has 12 atom stereocenters. The van der Waals surface area contributed by atoms with Gasteiger partial charge < -0.3 is 31.5 Å². The quantitative estimate of drug-likeness (QED) is 0.235. The summed E-state index contributed by atoms with van der Waals surface area (Å²) in [7, 11) is 0. The zero-order valence-corrected chi connectivity index (χ0v) is 23.6. The lowest BCUT2D eigenvalue weighted by atomic mass is 9.43. The molecule has 4 rings (SSSR count). The monoisotopic (exact) mass is 536 g/mol. The number of carbonyl (C=O) groups excluding carboxylic acids is 1. The Balaban J connectivity index is 1.32. The first-order valence-electron chi connectivity index (χ1n) is 15.2. The molecular weight excluding hydrogens is 484 g/mol. The topological polar surface area (TPSA) is 153 Å². The summed E-state index contributed by atoms with van der Waals surface area (Å²) in [6, 6.07) is -0.844. The molecule has 218 valence electrons. The van der Waals surface area contributed by atoms with Gasteiger partial charge in [-0.3, -0.25) is 9.59 Å². The number of aliphatic carboxylic acids is 1. The average Bonchev–Trinajstić information content (AvgIpc) is 3.22. The zero-order chi connectivity index (χ0) is 27.8. The molecule has 0 bridgehead atoms. The third-order valence-electron chi connectivity index (χ3n) is 11.9. The van der Waals surface area contributed by atoms with Crippen molar-refractivity contribution in [3.63, 3.8) is 0 Å². The van der Waals surface area contributed by atoms with E-state index < -0.39 is 18.1 Å². The molecule has 0 spiro atoms. The molecule has 4 fully saturated rings. The van der Waals surface area contributed by atoms with Crippen LogP contribution in [0.4, 0.5) is 0 Å². The lowest BCUT2D eigenvalue weighted by molar-refractivity contribution is -0.207. The van der Waals surface area contributed by atoms with Crippen LogP contribution in [0, 0.1) is 46.3 Å². The summed E-state index contributed by atoms with van der Waals surface area (Å²) in [5.74, 6) is 0.747. The van der Waals surface area contributed by atoms with Gasteiger partial charge in [0, 0.05) is 13.0 Å². The molecule has 1 amide bonds. The largest absolute Gasteiger partial charge is 0.480 e. The molecule has 0 saturated heterocycles. The molecular formula is C30H52N2O6. The van der Waals surface area contributed by atoms with E-state index in [4.69, 9.17) is 10.8 Å². The summed E-state index contributed by atoms with van der Waals surface area (Å²) >= 11 is 0. The second-order valence-corrected chi connectivity index (χ2v) is 13.8. The van der Waals surface area contributed by atoms with Gasteiger partial charge in [-0.1, -0.05) is 20.8 Å². The van der Waals surface area contributed by atoms with Crippen molar-refractivity contribution in [3.05, 3.63) is 0 Å². The molecule has 4 saturated carbocycles.